The fourth-order valence-electron chi connectivity index (χ4n) is 1.40. The third-order valence-electron chi connectivity index (χ3n) is 2.21. The topological polar surface area (TPSA) is 73.1 Å². The summed E-state index contributed by atoms with van der Waals surface area (Å²) < 4.78 is 14.7. The predicted octanol–water partition coefficient (Wildman–Crippen LogP) is 2.08. The fourth-order valence-corrected chi connectivity index (χ4v) is 2.14. The third-order valence-corrected chi connectivity index (χ3v) is 3.16. The van der Waals surface area contributed by atoms with Crippen LogP contribution >= 0.6 is 11.5 Å². The summed E-state index contributed by atoms with van der Waals surface area (Å²) in [6, 6.07) is 0. The summed E-state index contributed by atoms with van der Waals surface area (Å²) in [5, 5.41) is 7.85. The van der Waals surface area contributed by atoms with E-state index in [1.165, 1.54) is 11.5 Å². The zero-order valence-corrected chi connectivity index (χ0v) is 10.8. The Balaban J connectivity index is 2.26. The number of nitrogens with one attached hydrogen (secondary N) is 1. The zero-order chi connectivity index (χ0) is 12.3. The van der Waals surface area contributed by atoms with Crippen molar-refractivity contribution in [3.63, 3.8) is 0 Å². The van der Waals surface area contributed by atoms with Crippen molar-refractivity contribution in [1.82, 2.24) is 14.5 Å². The summed E-state index contributed by atoms with van der Waals surface area (Å²) in [4.78, 5) is 4.28. The van der Waals surface area contributed by atoms with Gasteiger partial charge in [0.25, 0.3) is 5.89 Å². The van der Waals surface area contributed by atoms with Crippen LogP contribution in [0.3, 0.4) is 0 Å². The van der Waals surface area contributed by atoms with E-state index in [4.69, 9.17) is 9.26 Å². The molecule has 92 valence electrons. The van der Waals surface area contributed by atoms with Gasteiger partial charge in [0.1, 0.15) is 11.6 Å². The molecule has 0 aromatic carbocycles. The third kappa shape index (κ3) is 2.45. The highest BCUT2D eigenvalue weighted by Gasteiger charge is 2.18. The van der Waals surface area contributed by atoms with Gasteiger partial charge in [-0.2, -0.15) is 9.36 Å². The molecule has 0 amide bonds. The van der Waals surface area contributed by atoms with E-state index in [1.54, 1.807) is 0 Å². The van der Waals surface area contributed by atoms with Gasteiger partial charge in [-0.15, -0.1) is 0 Å². The molecule has 0 radical (unpaired) electrons. The van der Waals surface area contributed by atoms with Crippen LogP contribution in [0.5, 0.6) is 0 Å². The lowest BCUT2D eigenvalue weighted by atomic mass is 10.2. The maximum Gasteiger partial charge on any atom is 0.262 e. The van der Waals surface area contributed by atoms with Crippen LogP contribution in [-0.4, -0.2) is 28.2 Å². The van der Waals surface area contributed by atoms with Gasteiger partial charge in [-0.05, 0) is 25.4 Å². The van der Waals surface area contributed by atoms with E-state index in [9.17, 15) is 0 Å². The lowest BCUT2D eigenvalue weighted by Gasteiger charge is -1.96. The molecule has 2 aromatic heterocycles. The normalized spacial score (nSPS) is 10.8. The molecule has 7 heteroatoms. The molecule has 0 saturated carbocycles. The Morgan fingerprint density at radius 3 is 3.00 bits per heavy atom. The van der Waals surface area contributed by atoms with Crippen molar-refractivity contribution in [3.05, 3.63) is 11.5 Å². The molecular formula is C10H14N4O2S. The molecule has 0 saturated heterocycles. The maximum absolute atomic E-state index is 5.22. The first-order chi connectivity index (χ1) is 8.26. The Labute approximate surface area is 103 Å². The Morgan fingerprint density at radius 2 is 2.29 bits per heavy atom. The number of aryl methyl sites for hydroxylation is 1. The number of aromatic nitrogens is 3. The molecule has 0 spiro atoms. The molecule has 0 aliphatic heterocycles. The Kier molecular flexibility index (Phi) is 3.70. The number of ether oxygens (including phenoxy) is 1. The smallest absolute Gasteiger partial charge is 0.262 e. The molecule has 0 bridgehead atoms. The second-order valence-electron chi connectivity index (χ2n) is 3.38. The van der Waals surface area contributed by atoms with Gasteiger partial charge in [0.15, 0.2) is 5.82 Å². The molecule has 0 atom stereocenters. The van der Waals surface area contributed by atoms with Crippen LogP contribution in [0.4, 0.5) is 5.00 Å². The van der Waals surface area contributed by atoms with Gasteiger partial charge < -0.3 is 14.6 Å². The van der Waals surface area contributed by atoms with Crippen molar-refractivity contribution >= 4 is 16.5 Å². The minimum Gasteiger partial charge on any atom is -0.378 e. The lowest BCUT2D eigenvalue weighted by Crippen LogP contribution is -1.94. The van der Waals surface area contributed by atoms with Crippen LogP contribution in [0.2, 0.25) is 0 Å². The van der Waals surface area contributed by atoms with Crippen LogP contribution < -0.4 is 5.32 Å². The summed E-state index contributed by atoms with van der Waals surface area (Å²) in [6.45, 7) is 4.84. The summed E-state index contributed by atoms with van der Waals surface area (Å²) in [6.07, 6.45) is 0. The van der Waals surface area contributed by atoms with Crippen LogP contribution in [0, 0.1) is 6.92 Å². The second kappa shape index (κ2) is 5.24. The van der Waals surface area contributed by atoms with Crippen LogP contribution in [0.25, 0.3) is 11.5 Å². The van der Waals surface area contributed by atoms with Gasteiger partial charge in [0.2, 0.25) is 0 Å². The first kappa shape index (κ1) is 12.0. The SMILES string of the molecule is CCOCc1noc(-c2c(C)nsc2NC)n1. The van der Waals surface area contributed by atoms with Gasteiger partial charge in [-0.3, -0.25) is 0 Å². The number of rotatable bonds is 5. The van der Waals surface area contributed by atoms with Gasteiger partial charge in [-0.25, -0.2) is 0 Å². The Bertz CT molecular complexity index is 494. The summed E-state index contributed by atoms with van der Waals surface area (Å²) >= 11 is 1.38. The largest absolute Gasteiger partial charge is 0.378 e. The standard InChI is InChI=1S/C10H14N4O2S/c1-4-15-5-7-12-9(16-13-7)8-6(2)14-17-10(8)11-3/h11H,4-5H2,1-3H3. The van der Waals surface area contributed by atoms with Gasteiger partial charge in [0.05, 0.1) is 11.3 Å². The van der Waals surface area contributed by atoms with E-state index < -0.39 is 0 Å². The van der Waals surface area contributed by atoms with Gasteiger partial charge in [-0.1, -0.05) is 5.16 Å². The molecule has 1 N–H and O–H groups in total. The zero-order valence-electron chi connectivity index (χ0n) is 9.98. The number of hydrogen-bond acceptors (Lipinski definition) is 7. The van der Waals surface area contributed by atoms with Crippen molar-refractivity contribution in [2.24, 2.45) is 0 Å². The van der Waals surface area contributed by atoms with Crippen molar-refractivity contribution in [2.45, 2.75) is 20.5 Å². The van der Waals surface area contributed by atoms with E-state index in [-0.39, 0.29) is 0 Å². The molecule has 0 aliphatic rings. The van der Waals surface area contributed by atoms with Crippen molar-refractivity contribution in [2.75, 3.05) is 19.0 Å². The predicted molar refractivity (Wildman–Crippen MR) is 65.0 cm³/mol. The van der Waals surface area contributed by atoms with Gasteiger partial charge in [0, 0.05) is 13.7 Å². The lowest BCUT2D eigenvalue weighted by molar-refractivity contribution is 0.126. The van der Waals surface area contributed by atoms with Crippen molar-refractivity contribution in [1.29, 1.82) is 0 Å². The molecule has 0 aliphatic carbocycles. The van der Waals surface area contributed by atoms with Crippen LogP contribution in [-0.2, 0) is 11.3 Å². The van der Waals surface area contributed by atoms with Gasteiger partial charge >= 0.3 is 0 Å². The summed E-state index contributed by atoms with van der Waals surface area (Å²) in [5.74, 6) is 1.03. The van der Waals surface area contributed by atoms with E-state index in [0.29, 0.717) is 24.9 Å². The molecule has 2 heterocycles. The molecule has 2 aromatic rings. The van der Waals surface area contributed by atoms with E-state index in [1.807, 2.05) is 20.9 Å². The summed E-state index contributed by atoms with van der Waals surface area (Å²) in [5.41, 5.74) is 1.75. The van der Waals surface area contributed by atoms with Crippen LogP contribution in [0.1, 0.15) is 18.4 Å². The average molecular weight is 254 g/mol. The highest BCUT2D eigenvalue weighted by Crippen LogP contribution is 2.33. The summed E-state index contributed by atoms with van der Waals surface area (Å²) in [7, 11) is 1.84. The first-order valence-corrected chi connectivity index (χ1v) is 6.08. The molecule has 17 heavy (non-hydrogen) atoms. The highest BCUT2D eigenvalue weighted by molar-refractivity contribution is 7.10. The molecular weight excluding hydrogens is 240 g/mol. The number of hydrogen-bond donors (Lipinski definition) is 1. The maximum atomic E-state index is 5.22. The van der Waals surface area contributed by atoms with E-state index >= 15 is 0 Å². The minimum absolute atomic E-state index is 0.367. The van der Waals surface area contributed by atoms with E-state index in [0.717, 1.165) is 16.3 Å². The number of anilines is 1. The minimum atomic E-state index is 0.367. The average Bonchev–Trinajstić information content (AvgIpc) is 2.92. The first-order valence-electron chi connectivity index (χ1n) is 5.31. The Morgan fingerprint density at radius 1 is 1.47 bits per heavy atom. The second-order valence-corrected chi connectivity index (χ2v) is 4.15. The fraction of sp³-hybridized carbons (Fsp3) is 0.500. The van der Waals surface area contributed by atoms with Crippen molar-refractivity contribution < 1.29 is 9.26 Å². The van der Waals surface area contributed by atoms with Crippen molar-refractivity contribution in [3.8, 4) is 11.5 Å². The number of nitrogens with zero attached hydrogens (tertiary/aromatic N) is 3. The highest BCUT2D eigenvalue weighted by atomic mass is 32.1. The monoisotopic (exact) mass is 254 g/mol. The molecule has 0 unspecified atom stereocenters. The molecule has 2 rings (SSSR count). The quantitative estimate of drug-likeness (QED) is 0.880. The molecule has 0 fully saturated rings. The molecule has 6 nitrogen and oxygen atoms in total. The Hall–Kier alpha value is -1.47. The van der Waals surface area contributed by atoms with E-state index in [2.05, 4.69) is 19.8 Å². The van der Waals surface area contributed by atoms with Crippen LogP contribution in [0.15, 0.2) is 4.52 Å².